The van der Waals surface area contributed by atoms with Crippen LogP contribution < -0.4 is 4.74 Å². The van der Waals surface area contributed by atoms with Gasteiger partial charge in [0, 0.05) is 13.1 Å². The fourth-order valence-electron chi connectivity index (χ4n) is 3.53. The largest absolute Gasteiger partial charge is 0.480 e. The molecule has 1 fully saturated rings. The number of piperidine rings is 1. The van der Waals surface area contributed by atoms with Gasteiger partial charge in [-0.15, -0.1) is 0 Å². The quantitative estimate of drug-likeness (QED) is 0.713. The number of aliphatic carboxylic acids is 1. The van der Waals surface area contributed by atoms with Gasteiger partial charge in [-0.1, -0.05) is 24.3 Å². The highest BCUT2D eigenvalue weighted by Gasteiger charge is 2.54. The number of carboxylic acids is 1. The number of hydrogen-bond acceptors (Lipinski definition) is 6. The zero-order valence-corrected chi connectivity index (χ0v) is 19.1. The van der Waals surface area contributed by atoms with Crippen LogP contribution in [0, 0.1) is 0 Å². The summed E-state index contributed by atoms with van der Waals surface area (Å²) >= 11 is 0. The van der Waals surface area contributed by atoms with Crippen molar-refractivity contribution in [3.05, 3.63) is 54.6 Å². The van der Waals surface area contributed by atoms with Crippen LogP contribution in [-0.4, -0.2) is 53.9 Å². The van der Waals surface area contributed by atoms with Crippen LogP contribution in [0.5, 0.6) is 11.5 Å². The number of para-hydroxylation sites is 1. The van der Waals surface area contributed by atoms with Crippen LogP contribution in [0.2, 0.25) is 0 Å². The molecule has 0 aliphatic carbocycles. The fraction of sp³-hybridized carbons (Fsp3) is 0.391. The minimum atomic E-state index is -4.28. The molecule has 0 radical (unpaired) electrons. The molecule has 1 amide bonds. The summed E-state index contributed by atoms with van der Waals surface area (Å²) in [6, 6.07) is 14.7. The zero-order chi connectivity index (χ0) is 23.6. The lowest BCUT2D eigenvalue weighted by Gasteiger charge is -2.38. The summed E-state index contributed by atoms with van der Waals surface area (Å²) in [6.07, 6.45) is -1.08. The summed E-state index contributed by atoms with van der Waals surface area (Å²) in [5.41, 5.74) is -0.705. The Morgan fingerprint density at radius 1 is 0.969 bits per heavy atom. The van der Waals surface area contributed by atoms with Crippen LogP contribution in [0.4, 0.5) is 4.79 Å². The van der Waals surface area contributed by atoms with Gasteiger partial charge in [-0.25, -0.2) is 13.2 Å². The van der Waals surface area contributed by atoms with E-state index in [0.29, 0.717) is 5.75 Å². The number of benzene rings is 2. The predicted molar refractivity (Wildman–Crippen MR) is 118 cm³/mol. The molecule has 0 spiro atoms. The van der Waals surface area contributed by atoms with Crippen molar-refractivity contribution in [1.29, 1.82) is 0 Å². The van der Waals surface area contributed by atoms with Gasteiger partial charge in [-0.3, -0.25) is 4.79 Å². The van der Waals surface area contributed by atoms with Gasteiger partial charge in [-0.2, -0.15) is 0 Å². The van der Waals surface area contributed by atoms with E-state index in [1.807, 2.05) is 6.07 Å². The molecule has 3 rings (SSSR count). The number of ether oxygens (including phenoxy) is 2. The summed E-state index contributed by atoms with van der Waals surface area (Å²) in [5, 5.41) is 9.96. The molecule has 1 N–H and O–H groups in total. The normalized spacial score (nSPS) is 16.3. The molecule has 1 aliphatic heterocycles. The number of carbonyl (C=O) groups is 2. The van der Waals surface area contributed by atoms with E-state index in [0.717, 1.165) is 0 Å². The van der Waals surface area contributed by atoms with Crippen LogP contribution in [0.3, 0.4) is 0 Å². The van der Waals surface area contributed by atoms with Gasteiger partial charge in [0.25, 0.3) is 0 Å². The summed E-state index contributed by atoms with van der Waals surface area (Å²) < 4.78 is 36.0. The molecule has 1 aliphatic rings. The van der Waals surface area contributed by atoms with E-state index < -0.39 is 32.2 Å². The first-order valence-electron chi connectivity index (χ1n) is 10.2. The Labute approximate surface area is 187 Å². The van der Waals surface area contributed by atoms with E-state index >= 15 is 0 Å². The maximum Gasteiger partial charge on any atom is 0.410 e. The van der Waals surface area contributed by atoms with Crippen molar-refractivity contribution in [2.24, 2.45) is 0 Å². The lowest BCUT2D eigenvalue weighted by atomic mass is 9.96. The Morgan fingerprint density at radius 3 is 2.12 bits per heavy atom. The van der Waals surface area contributed by atoms with Gasteiger partial charge in [0.05, 0.1) is 4.90 Å². The highest BCUT2D eigenvalue weighted by Crippen LogP contribution is 2.37. The average molecular weight is 462 g/mol. The third-order valence-electron chi connectivity index (χ3n) is 5.22. The SMILES string of the molecule is CC(C)(C)OC(=O)N1CCC(C(=O)O)(S(=O)(=O)c2cccc(Oc3ccccc3)c2)CC1. The van der Waals surface area contributed by atoms with Crippen molar-refractivity contribution < 1.29 is 32.6 Å². The Hall–Kier alpha value is -3.07. The molecular formula is C23H27NO7S. The molecule has 172 valence electrons. The molecule has 1 heterocycles. The van der Waals surface area contributed by atoms with E-state index in [9.17, 15) is 23.1 Å². The summed E-state index contributed by atoms with van der Waals surface area (Å²) in [6.45, 7) is 5.10. The van der Waals surface area contributed by atoms with Crippen LogP contribution in [0.1, 0.15) is 33.6 Å². The fourth-order valence-corrected chi connectivity index (χ4v) is 5.46. The molecular weight excluding hydrogens is 434 g/mol. The minimum Gasteiger partial charge on any atom is -0.480 e. The maximum absolute atomic E-state index is 13.5. The second-order valence-electron chi connectivity index (χ2n) is 8.66. The lowest BCUT2D eigenvalue weighted by Crippen LogP contribution is -2.55. The number of amides is 1. The van der Waals surface area contributed by atoms with Crippen molar-refractivity contribution in [3.63, 3.8) is 0 Å². The standard InChI is InChI=1S/C23H27NO7S/c1-22(2,3)31-21(27)24-14-12-23(13-15-24,20(25)26)32(28,29)19-11-7-10-18(16-19)30-17-8-5-4-6-9-17/h4-11,16H,12-15H2,1-3H3,(H,25,26). The highest BCUT2D eigenvalue weighted by atomic mass is 32.2. The summed E-state index contributed by atoms with van der Waals surface area (Å²) in [7, 11) is -4.28. The third-order valence-corrected chi connectivity index (χ3v) is 7.71. The molecule has 0 bridgehead atoms. The first-order chi connectivity index (χ1) is 14.9. The Morgan fingerprint density at radius 2 is 1.56 bits per heavy atom. The predicted octanol–water partition coefficient (Wildman–Crippen LogP) is 4.11. The molecule has 2 aromatic carbocycles. The van der Waals surface area contributed by atoms with Gasteiger partial charge >= 0.3 is 12.1 Å². The number of rotatable bonds is 5. The van der Waals surface area contributed by atoms with Crippen molar-refractivity contribution in [2.75, 3.05) is 13.1 Å². The third kappa shape index (κ3) is 4.88. The van der Waals surface area contributed by atoms with Crippen molar-refractivity contribution in [1.82, 2.24) is 4.90 Å². The van der Waals surface area contributed by atoms with Gasteiger partial charge in [0.2, 0.25) is 0 Å². The van der Waals surface area contributed by atoms with Crippen LogP contribution in [-0.2, 0) is 19.4 Å². The topological polar surface area (TPSA) is 110 Å². The van der Waals surface area contributed by atoms with Gasteiger partial charge < -0.3 is 19.5 Å². The van der Waals surface area contributed by atoms with Crippen molar-refractivity contribution >= 4 is 21.9 Å². The number of sulfone groups is 1. The second kappa shape index (κ2) is 8.82. The molecule has 0 saturated carbocycles. The molecule has 9 heteroatoms. The Bertz CT molecular complexity index is 1080. The van der Waals surface area contributed by atoms with E-state index in [-0.39, 0.29) is 36.6 Å². The Balaban J connectivity index is 1.85. The first kappa shape index (κ1) is 23.6. The number of carbonyl (C=O) groups excluding carboxylic acids is 1. The summed E-state index contributed by atoms with van der Waals surface area (Å²) in [4.78, 5) is 25.8. The Kier molecular flexibility index (Phi) is 6.50. The molecule has 1 saturated heterocycles. The van der Waals surface area contributed by atoms with Gasteiger partial charge in [0.1, 0.15) is 17.1 Å². The number of nitrogens with zero attached hydrogens (tertiary/aromatic N) is 1. The number of likely N-dealkylation sites (tertiary alicyclic amines) is 1. The summed E-state index contributed by atoms with van der Waals surface area (Å²) in [5.74, 6) is -0.625. The van der Waals surface area contributed by atoms with Gasteiger partial charge in [-0.05, 0) is 63.9 Å². The minimum absolute atomic E-state index is 0.0410. The van der Waals surface area contributed by atoms with E-state index in [2.05, 4.69) is 0 Å². The average Bonchev–Trinajstić information content (AvgIpc) is 2.73. The van der Waals surface area contributed by atoms with Gasteiger partial charge in [0.15, 0.2) is 14.6 Å². The molecule has 0 atom stereocenters. The van der Waals surface area contributed by atoms with E-state index in [1.54, 1.807) is 51.1 Å². The van der Waals surface area contributed by atoms with E-state index in [4.69, 9.17) is 9.47 Å². The molecule has 2 aromatic rings. The monoisotopic (exact) mass is 461 g/mol. The smallest absolute Gasteiger partial charge is 0.410 e. The van der Waals surface area contributed by atoms with Crippen molar-refractivity contribution in [3.8, 4) is 11.5 Å². The van der Waals surface area contributed by atoms with Crippen molar-refractivity contribution in [2.45, 2.75) is 48.9 Å². The number of hydrogen-bond donors (Lipinski definition) is 1. The number of carboxylic acid groups (broad SMARTS) is 1. The lowest BCUT2D eigenvalue weighted by molar-refractivity contribution is -0.141. The molecule has 0 aromatic heterocycles. The van der Waals surface area contributed by atoms with Crippen LogP contribution in [0.15, 0.2) is 59.5 Å². The maximum atomic E-state index is 13.5. The van der Waals surface area contributed by atoms with Crippen LogP contribution in [0.25, 0.3) is 0 Å². The van der Waals surface area contributed by atoms with Crippen LogP contribution >= 0.6 is 0 Å². The second-order valence-corrected chi connectivity index (χ2v) is 10.9. The highest BCUT2D eigenvalue weighted by molar-refractivity contribution is 7.93. The molecule has 8 nitrogen and oxygen atoms in total. The zero-order valence-electron chi connectivity index (χ0n) is 18.3. The first-order valence-corrected chi connectivity index (χ1v) is 11.7. The molecule has 32 heavy (non-hydrogen) atoms. The molecule has 0 unspecified atom stereocenters. The van der Waals surface area contributed by atoms with E-state index in [1.165, 1.54) is 23.1 Å².